The van der Waals surface area contributed by atoms with E-state index in [1.807, 2.05) is 17.5 Å². The summed E-state index contributed by atoms with van der Waals surface area (Å²) < 4.78 is 16.1. The fourth-order valence-electron chi connectivity index (χ4n) is 3.32. The van der Waals surface area contributed by atoms with Gasteiger partial charge in [-0.3, -0.25) is 0 Å². The van der Waals surface area contributed by atoms with Crippen LogP contribution in [0.5, 0.6) is 0 Å². The Balaban J connectivity index is 2.47. The van der Waals surface area contributed by atoms with Gasteiger partial charge in [0.1, 0.15) is 5.82 Å². The summed E-state index contributed by atoms with van der Waals surface area (Å²) in [6, 6.07) is 3.54. The van der Waals surface area contributed by atoms with Gasteiger partial charge in [0.15, 0.2) is 0 Å². The number of rotatable bonds is 0. The number of halogens is 1. The SMILES string of the molecule is Cc1cc2cc(F)c3c(n2n1)C(C)(C)CC3C. The third-order valence-electron chi connectivity index (χ3n) is 3.81. The highest BCUT2D eigenvalue weighted by Gasteiger charge is 2.39. The predicted octanol–water partition coefficient (Wildman–Crippen LogP) is 3.57. The molecule has 0 bridgehead atoms. The highest BCUT2D eigenvalue weighted by Crippen LogP contribution is 2.46. The van der Waals surface area contributed by atoms with E-state index in [1.165, 1.54) is 0 Å². The van der Waals surface area contributed by atoms with Crippen molar-refractivity contribution in [3.8, 4) is 0 Å². The molecule has 0 aromatic carbocycles. The average Bonchev–Trinajstić information content (AvgIpc) is 2.64. The summed E-state index contributed by atoms with van der Waals surface area (Å²) >= 11 is 0. The molecule has 1 atom stereocenters. The van der Waals surface area contributed by atoms with Gasteiger partial charge in [0.05, 0.1) is 16.9 Å². The number of pyridine rings is 1. The van der Waals surface area contributed by atoms with E-state index in [0.717, 1.165) is 28.9 Å². The van der Waals surface area contributed by atoms with Crippen molar-refractivity contribution in [2.75, 3.05) is 0 Å². The van der Waals surface area contributed by atoms with Crippen LogP contribution < -0.4 is 0 Å². The molecule has 0 amide bonds. The molecule has 1 unspecified atom stereocenters. The van der Waals surface area contributed by atoms with Gasteiger partial charge in [0, 0.05) is 11.0 Å². The van der Waals surface area contributed by atoms with Crippen LogP contribution in [0.2, 0.25) is 0 Å². The lowest BCUT2D eigenvalue weighted by Gasteiger charge is -2.19. The molecule has 3 rings (SSSR count). The summed E-state index contributed by atoms with van der Waals surface area (Å²) in [5.74, 6) is 0.194. The fraction of sp³-hybridized carbons (Fsp3) is 0.500. The van der Waals surface area contributed by atoms with Gasteiger partial charge >= 0.3 is 0 Å². The Morgan fingerprint density at radius 1 is 1.41 bits per heavy atom. The van der Waals surface area contributed by atoms with Crippen LogP contribution in [0.4, 0.5) is 4.39 Å². The summed E-state index contributed by atoms with van der Waals surface area (Å²) in [7, 11) is 0. The Morgan fingerprint density at radius 3 is 2.82 bits per heavy atom. The monoisotopic (exact) mass is 232 g/mol. The van der Waals surface area contributed by atoms with Crippen molar-refractivity contribution >= 4 is 5.52 Å². The summed E-state index contributed by atoms with van der Waals surface area (Å²) in [6.45, 7) is 8.39. The smallest absolute Gasteiger partial charge is 0.130 e. The molecule has 1 aliphatic carbocycles. The number of nitrogens with zero attached hydrogens (tertiary/aromatic N) is 2. The van der Waals surface area contributed by atoms with E-state index in [9.17, 15) is 4.39 Å². The molecule has 2 aromatic rings. The highest BCUT2D eigenvalue weighted by atomic mass is 19.1. The van der Waals surface area contributed by atoms with Crippen LogP contribution in [0.1, 0.15) is 50.1 Å². The molecule has 90 valence electrons. The lowest BCUT2D eigenvalue weighted by Crippen LogP contribution is -2.17. The van der Waals surface area contributed by atoms with Crippen LogP contribution in [0.25, 0.3) is 5.52 Å². The molecular formula is C14H17FN2. The number of aryl methyl sites for hydroxylation is 1. The molecule has 2 heterocycles. The molecule has 0 fully saturated rings. The zero-order chi connectivity index (χ0) is 12.4. The highest BCUT2D eigenvalue weighted by molar-refractivity contribution is 5.54. The number of hydrogen-bond donors (Lipinski definition) is 0. The molecule has 0 N–H and O–H groups in total. The molecular weight excluding hydrogens is 215 g/mol. The van der Waals surface area contributed by atoms with Gasteiger partial charge in [0.25, 0.3) is 0 Å². The first-order chi connectivity index (χ1) is 7.90. The Hall–Kier alpha value is -1.38. The maximum absolute atomic E-state index is 14.2. The number of fused-ring (bicyclic) bond motifs is 3. The van der Waals surface area contributed by atoms with Crippen molar-refractivity contribution in [3.63, 3.8) is 0 Å². The molecule has 0 spiro atoms. The second-order valence-electron chi connectivity index (χ2n) is 5.87. The quantitative estimate of drug-likeness (QED) is 0.678. The van der Waals surface area contributed by atoms with Gasteiger partial charge in [-0.05, 0) is 31.4 Å². The van der Waals surface area contributed by atoms with Crippen molar-refractivity contribution in [2.45, 2.75) is 45.4 Å². The van der Waals surface area contributed by atoms with Crippen LogP contribution in [-0.2, 0) is 5.41 Å². The summed E-state index contributed by atoms with van der Waals surface area (Å²) in [6.07, 6.45) is 0.983. The minimum atomic E-state index is -0.0783. The van der Waals surface area contributed by atoms with Crippen molar-refractivity contribution < 1.29 is 4.39 Å². The number of hydrogen-bond acceptors (Lipinski definition) is 1. The maximum Gasteiger partial charge on any atom is 0.130 e. The van der Waals surface area contributed by atoms with Crippen LogP contribution in [0, 0.1) is 12.7 Å². The number of aromatic nitrogens is 2. The van der Waals surface area contributed by atoms with E-state index in [2.05, 4.69) is 25.9 Å². The van der Waals surface area contributed by atoms with Crippen LogP contribution in [0.15, 0.2) is 12.1 Å². The first kappa shape index (κ1) is 10.8. The zero-order valence-corrected chi connectivity index (χ0v) is 10.7. The van der Waals surface area contributed by atoms with E-state index in [-0.39, 0.29) is 17.2 Å². The van der Waals surface area contributed by atoms with Crippen LogP contribution >= 0.6 is 0 Å². The molecule has 0 aliphatic heterocycles. The van der Waals surface area contributed by atoms with Crippen molar-refractivity contribution in [1.82, 2.24) is 9.61 Å². The van der Waals surface area contributed by atoms with Gasteiger partial charge in [0.2, 0.25) is 0 Å². The Kier molecular flexibility index (Phi) is 1.96. The standard InChI is InChI=1S/C14H17FN2/c1-8-7-14(3,4)13-12(8)11(15)6-10-5-9(2)16-17(10)13/h5-6,8H,7H2,1-4H3. The third kappa shape index (κ3) is 1.34. The fourth-order valence-corrected chi connectivity index (χ4v) is 3.32. The summed E-state index contributed by atoms with van der Waals surface area (Å²) in [5.41, 5.74) is 3.70. The topological polar surface area (TPSA) is 17.3 Å². The molecule has 1 aliphatic rings. The molecule has 0 saturated carbocycles. The molecule has 2 nitrogen and oxygen atoms in total. The molecule has 0 saturated heterocycles. The maximum atomic E-state index is 14.2. The Morgan fingerprint density at radius 2 is 2.12 bits per heavy atom. The molecule has 17 heavy (non-hydrogen) atoms. The lowest BCUT2D eigenvalue weighted by molar-refractivity contribution is 0.471. The summed E-state index contributed by atoms with van der Waals surface area (Å²) in [5, 5.41) is 4.51. The first-order valence-electron chi connectivity index (χ1n) is 6.09. The summed E-state index contributed by atoms with van der Waals surface area (Å²) in [4.78, 5) is 0. The van der Waals surface area contributed by atoms with Gasteiger partial charge in [-0.25, -0.2) is 8.91 Å². The largest absolute Gasteiger partial charge is 0.237 e. The minimum Gasteiger partial charge on any atom is -0.237 e. The van der Waals surface area contributed by atoms with Gasteiger partial charge in [-0.1, -0.05) is 20.8 Å². The first-order valence-corrected chi connectivity index (χ1v) is 6.09. The molecule has 3 heteroatoms. The predicted molar refractivity (Wildman–Crippen MR) is 65.9 cm³/mol. The van der Waals surface area contributed by atoms with E-state index in [4.69, 9.17) is 0 Å². The molecule has 2 aromatic heterocycles. The van der Waals surface area contributed by atoms with Gasteiger partial charge in [-0.2, -0.15) is 5.10 Å². The van der Waals surface area contributed by atoms with E-state index < -0.39 is 0 Å². The second kappa shape index (κ2) is 3.09. The Labute approximate surface area is 100 Å². The third-order valence-corrected chi connectivity index (χ3v) is 3.81. The minimum absolute atomic E-state index is 0.00639. The van der Waals surface area contributed by atoms with E-state index in [0.29, 0.717) is 0 Å². The van der Waals surface area contributed by atoms with E-state index >= 15 is 0 Å². The Bertz CT molecular complexity index is 610. The lowest BCUT2D eigenvalue weighted by atomic mass is 9.89. The van der Waals surface area contributed by atoms with E-state index in [1.54, 1.807) is 6.07 Å². The normalized spacial score (nSPS) is 22.1. The van der Waals surface area contributed by atoms with Crippen molar-refractivity contribution in [2.24, 2.45) is 0 Å². The van der Waals surface area contributed by atoms with Crippen molar-refractivity contribution in [3.05, 3.63) is 34.9 Å². The molecule has 0 radical (unpaired) electrons. The van der Waals surface area contributed by atoms with Crippen LogP contribution in [0.3, 0.4) is 0 Å². The van der Waals surface area contributed by atoms with Gasteiger partial charge in [-0.15, -0.1) is 0 Å². The zero-order valence-electron chi connectivity index (χ0n) is 10.7. The van der Waals surface area contributed by atoms with Crippen LogP contribution in [-0.4, -0.2) is 9.61 Å². The van der Waals surface area contributed by atoms with Gasteiger partial charge < -0.3 is 0 Å². The second-order valence-corrected chi connectivity index (χ2v) is 5.87. The van der Waals surface area contributed by atoms with Crippen molar-refractivity contribution in [1.29, 1.82) is 0 Å². The average molecular weight is 232 g/mol.